The Kier molecular flexibility index (Phi) is 4.44. The summed E-state index contributed by atoms with van der Waals surface area (Å²) in [5.74, 6) is 0.748. The molecular formula is C15H19N5OS. The van der Waals surface area contributed by atoms with E-state index in [4.69, 9.17) is 0 Å². The van der Waals surface area contributed by atoms with Gasteiger partial charge in [0.2, 0.25) is 0 Å². The van der Waals surface area contributed by atoms with Gasteiger partial charge in [0.1, 0.15) is 11.5 Å². The Balaban J connectivity index is 1.80. The van der Waals surface area contributed by atoms with Crippen LogP contribution in [-0.2, 0) is 0 Å². The van der Waals surface area contributed by atoms with Crippen molar-refractivity contribution in [2.45, 2.75) is 32.6 Å². The lowest BCUT2D eigenvalue weighted by molar-refractivity contribution is 0.102. The van der Waals surface area contributed by atoms with Crippen LogP contribution in [0.15, 0.2) is 12.3 Å². The molecule has 1 aliphatic rings. The van der Waals surface area contributed by atoms with E-state index in [9.17, 15) is 4.79 Å². The largest absolute Gasteiger partial charge is 0.316 e. The van der Waals surface area contributed by atoms with Gasteiger partial charge in [-0.3, -0.25) is 10.1 Å². The Morgan fingerprint density at radius 1 is 1.41 bits per heavy atom. The molecule has 6 nitrogen and oxygen atoms in total. The minimum Gasteiger partial charge on any atom is -0.316 e. The smallest absolute Gasteiger partial charge is 0.276 e. The fourth-order valence-electron chi connectivity index (χ4n) is 2.59. The van der Waals surface area contributed by atoms with Crippen molar-refractivity contribution in [3.8, 4) is 0 Å². The molecule has 1 fully saturated rings. The summed E-state index contributed by atoms with van der Waals surface area (Å²) in [5, 5.41) is 6.77. The number of rotatable bonds is 3. The number of aromatic nitrogens is 3. The fraction of sp³-hybridized carbons (Fsp3) is 0.467. The van der Waals surface area contributed by atoms with Crippen molar-refractivity contribution in [1.82, 2.24) is 20.3 Å². The molecule has 1 saturated heterocycles. The average Bonchev–Trinajstić information content (AvgIpc) is 2.92. The molecule has 0 saturated carbocycles. The number of nitrogens with zero attached hydrogens (tertiary/aromatic N) is 3. The van der Waals surface area contributed by atoms with Crippen molar-refractivity contribution < 1.29 is 4.79 Å². The molecule has 1 amide bonds. The first-order valence-electron chi connectivity index (χ1n) is 7.42. The van der Waals surface area contributed by atoms with Crippen molar-refractivity contribution in [2.75, 3.05) is 18.4 Å². The summed E-state index contributed by atoms with van der Waals surface area (Å²) in [5.41, 5.74) is 1.35. The van der Waals surface area contributed by atoms with Crippen molar-refractivity contribution in [1.29, 1.82) is 0 Å². The first-order chi connectivity index (χ1) is 10.6. The zero-order valence-electron chi connectivity index (χ0n) is 12.7. The van der Waals surface area contributed by atoms with Crippen LogP contribution in [0.5, 0.6) is 0 Å². The molecule has 3 rings (SSSR count). The third kappa shape index (κ3) is 3.48. The highest BCUT2D eigenvalue weighted by molar-refractivity contribution is 7.15. The standard InChI is InChI=1S/C15H19N5OS/c1-9-7-17-15(22-9)20-14(21)13-6-12(18-10(2)19-13)11-4-3-5-16-8-11/h6-7,11,16H,3-5,8H2,1-2H3,(H,17,20,21). The number of carbonyl (C=O) groups is 1. The van der Waals surface area contributed by atoms with Gasteiger partial charge in [-0.1, -0.05) is 0 Å². The molecule has 2 aromatic rings. The summed E-state index contributed by atoms with van der Waals surface area (Å²) in [4.78, 5) is 26.3. The zero-order valence-corrected chi connectivity index (χ0v) is 13.5. The molecular weight excluding hydrogens is 298 g/mol. The highest BCUT2D eigenvalue weighted by Crippen LogP contribution is 2.23. The van der Waals surface area contributed by atoms with Gasteiger partial charge in [0.25, 0.3) is 5.91 Å². The van der Waals surface area contributed by atoms with Gasteiger partial charge in [0.05, 0.1) is 0 Å². The molecule has 1 atom stereocenters. The maximum atomic E-state index is 12.4. The Morgan fingerprint density at radius 3 is 2.95 bits per heavy atom. The molecule has 116 valence electrons. The molecule has 2 aromatic heterocycles. The number of carbonyl (C=O) groups excluding carboxylic acids is 1. The van der Waals surface area contributed by atoms with Gasteiger partial charge < -0.3 is 5.32 Å². The van der Waals surface area contributed by atoms with E-state index < -0.39 is 0 Å². The summed E-state index contributed by atoms with van der Waals surface area (Å²) in [6.07, 6.45) is 3.97. The summed E-state index contributed by atoms with van der Waals surface area (Å²) in [7, 11) is 0. The number of piperidine rings is 1. The van der Waals surface area contributed by atoms with Crippen LogP contribution in [0.2, 0.25) is 0 Å². The first-order valence-corrected chi connectivity index (χ1v) is 8.23. The lowest BCUT2D eigenvalue weighted by atomic mass is 9.95. The average molecular weight is 317 g/mol. The van der Waals surface area contributed by atoms with Gasteiger partial charge in [-0.2, -0.15) is 0 Å². The normalized spacial score (nSPS) is 18.2. The second-order valence-corrected chi connectivity index (χ2v) is 6.73. The van der Waals surface area contributed by atoms with Crippen LogP contribution in [-0.4, -0.2) is 33.9 Å². The predicted octanol–water partition coefficient (Wildman–Crippen LogP) is 2.27. The first kappa shape index (κ1) is 15.1. The molecule has 0 radical (unpaired) electrons. The third-order valence-corrected chi connectivity index (χ3v) is 4.48. The maximum Gasteiger partial charge on any atom is 0.276 e. The van der Waals surface area contributed by atoms with Gasteiger partial charge in [0.15, 0.2) is 5.13 Å². The predicted molar refractivity (Wildman–Crippen MR) is 86.4 cm³/mol. The van der Waals surface area contributed by atoms with Gasteiger partial charge >= 0.3 is 0 Å². The van der Waals surface area contributed by atoms with Crippen molar-refractivity contribution >= 4 is 22.4 Å². The Bertz CT molecular complexity index is 678. The van der Waals surface area contributed by atoms with E-state index in [1.165, 1.54) is 11.3 Å². The van der Waals surface area contributed by atoms with Gasteiger partial charge in [-0.15, -0.1) is 11.3 Å². The van der Waals surface area contributed by atoms with Crippen LogP contribution in [0.3, 0.4) is 0 Å². The van der Waals surface area contributed by atoms with E-state index in [0.717, 1.165) is 36.5 Å². The molecule has 3 heterocycles. The molecule has 0 bridgehead atoms. The monoisotopic (exact) mass is 317 g/mol. The molecule has 0 spiro atoms. The van der Waals surface area contributed by atoms with Gasteiger partial charge in [-0.25, -0.2) is 15.0 Å². The van der Waals surface area contributed by atoms with E-state index in [2.05, 4.69) is 25.6 Å². The minimum absolute atomic E-state index is 0.232. The number of aryl methyl sites for hydroxylation is 2. The summed E-state index contributed by atoms with van der Waals surface area (Å²) in [6, 6.07) is 1.81. The number of anilines is 1. The van der Waals surface area contributed by atoms with Crippen molar-refractivity contribution in [3.05, 3.63) is 34.4 Å². The van der Waals surface area contributed by atoms with Gasteiger partial charge in [-0.05, 0) is 39.3 Å². The van der Waals surface area contributed by atoms with E-state index in [1.54, 1.807) is 12.3 Å². The summed E-state index contributed by atoms with van der Waals surface area (Å²) in [6.45, 7) is 5.74. The Labute approximate surface area is 133 Å². The van der Waals surface area contributed by atoms with E-state index in [-0.39, 0.29) is 5.91 Å². The van der Waals surface area contributed by atoms with Crippen molar-refractivity contribution in [3.63, 3.8) is 0 Å². The molecule has 1 unspecified atom stereocenters. The third-order valence-electron chi connectivity index (χ3n) is 3.65. The summed E-state index contributed by atoms with van der Waals surface area (Å²) < 4.78 is 0. The van der Waals surface area contributed by atoms with E-state index in [1.807, 2.05) is 13.8 Å². The lowest BCUT2D eigenvalue weighted by Crippen LogP contribution is -2.29. The van der Waals surface area contributed by atoms with Crippen molar-refractivity contribution in [2.24, 2.45) is 0 Å². The number of amides is 1. The molecule has 0 aliphatic carbocycles. The second-order valence-electron chi connectivity index (χ2n) is 5.50. The van der Waals surface area contributed by atoms with Crippen LogP contribution in [0, 0.1) is 13.8 Å². The molecule has 1 aliphatic heterocycles. The van der Waals surface area contributed by atoms with E-state index >= 15 is 0 Å². The van der Waals surface area contributed by atoms with Crippen LogP contribution in [0.4, 0.5) is 5.13 Å². The summed E-state index contributed by atoms with van der Waals surface area (Å²) >= 11 is 1.45. The highest BCUT2D eigenvalue weighted by Gasteiger charge is 2.20. The number of hydrogen-bond acceptors (Lipinski definition) is 6. The van der Waals surface area contributed by atoms with Crippen LogP contribution >= 0.6 is 11.3 Å². The maximum absolute atomic E-state index is 12.4. The molecule has 7 heteroatoms. The van der Waals surface area contributed by atoms with Crippen LogP contribution < -0.4 is 10.6 Å². The SMILES string of the molecule is Cc1nc(C(=O)Nc2ncc(C)s2)cc(C2CCCNC2)n1. The van der Waals surface area contributed by atoms with E-state index in [0.29, 0.717) is 22.6 Å². The van der Waals surface area contributed by atoms with Gasteiger partial charge in [0, 0.05) is 29.2 Å². The molecule has 0 aromatic carbocycles. The highest BCUT2D eigenvalue weighted by atomic mass is 32.1. The number of hydrogen-bond donors (Lipinski definition) is 2. The lowest BCUT2D eigenvalue weighted by Gasteiger charge is -2.22. The quantitative estimate of drug-likeness (QED) is 0.908. The second kappa shape index (κ2) is 6.50. The number of nitrogens with one attached hydrogen (secondary N) is 2. The Morgan fingerprint density at radius 2 is 2.27 bits per heavy atom. The zero-order chi connectivity index (χ0) is 15.5. The molecule has 22 heavy (non-hydrogen) atoms. The van der Waals surface area contributed by atoms with Crippen LogP contribution in [0.1, 0.15) is 45.6 Å². The minimum atomic E-state index is -0.232. The van der Waals surface area contributed by atoms with Crippen LogP contribution in [0.25, 0.3) is 0 Å². The Hall–Kier alpha value is -1.86. The molecule has 2 N–H and O–H groups in total. The number of thiazole rings is 1. The fourth-order valence-corrected chi connectivity index (χ4v) is 3.25. The topological polar surface area (TPSA) is 79.8 Å².